The molecule has 0 radical (unpaired) electrons. The minimum Gasteiger partial charge on any atom is -0.493 e. The van der Waals surface area contributed by atoms with Crippen molar-refractivity contribution in [1.29, 1.82) is 0 Å². The smallest absolute Gasteiger partial charge is 0.338 e. The van der Waals surface area contributed by atoms with Gasteiger partial charge >= 0.3 is 5.97 Å². The van der Waals surface area contributed by atoms with Gasteiger partial charge in [0.25, 0.3) is 5.56 Å². The molecule has 0 saturated carbocycles. The molecule has 4 aromatic rings. The van der Waals surface area contributed by atoms with Gasteiger partial charge in [0.2, 0.25) is 0 Å². The Morgan fingerprint density at radius 3 is 2.39 bits per heavy atom. The summed E-state index contributed by atoms with van der Waals surface area (Å²) in [6, 6.07) is 13.3. The first-order valence-corrected chi connectivity index (χ1v) is 16.3. The maximum absolute atomic E-state index is 14.2. The Bertz CT molecular complexity index is 2040. The van der Waals surface area contributed by atoms with E-state index in [9.17, 15) is 9.59 Å². The van der Waals surface area contributed by atoms with Crippen LogP contribution in [0.3, 0.4) is 0 Å². The van der Waals surface area contributed by atoms with Crippen LogP contribution in [0.4, 0.5) is 0 Å². The molecule has 0 amide bonds. The van der Waals surface area contributed by atoms with Gasteiger partial charge in [0.1, 0.15) is 6.61 Å². The Kier molecular flexibility index (Phi) is 10.5. The van der Waals surface area contributed by atoms with Crippen LogP contribution >= 0.6 is 50.5 Å². The van der Waals surface area contributed by atoms with Crippen LogP contribution in [0, 0.1) is 0 Å². The van der Waals surface area contributed by atoms with E-state index < -0.39 is 12.0 Å². The summed E-state index contributed by atoms with van der Waals surface area (Å²) in [5.74, 6) is 1.06. The number of carbonyl (C=O) groups is 1. The zero-order valence-electron chi connectivity index (χ0n) is 25.5. The van der Waals surface area contributed by atoms with Gasteiger partial charge in [-0.2, -0.15) is 0 Å². The minimum absolute atomic E-state index is 0.153. The molecule has 2 heterocycles. The first-order valence-electron chi connectivity index (χ1n) is 14.0. The van der Waals surface area contributed by atoms with Crippen LogP contribution in [-0.2, 0) is 16.1 Å². The van der Waals surface area contributed by atoms with Gasteiger partial charge in [0.05, 0.1) is 54.8 Å². The number of nitrogens with zero attached hydrogens (tertiary/aromatic N) is 2. The van der Waals surface area contributed by atoms with E-state index in [0.717, 1.165) is 5.56 Å². The monoisotopic (exact) mass is 746 g/mol. The third kappa shape index (κ3) is 6.55. The molecule has 0 unspecified atom stereocenters. The van der Waals surface area contributed by atoms with Gasteiger partial charge in [-0.25, -0.2) is 9.79 Å². The van der Waals surface area contributed by atoms with Gasteiger partial charge in [-0.3, -0.25) is 9.36 Å². The number of hydrogen-bond acceptors (Lipinski definition) is 9. The van der Waals surface area contributed by atoms with Crippen molar-refractivity contribution in [2.24, 2.45) is 4.99 Å². The molecule has 13 heteroatoms. The fourth-order valence-electron chi connectivity index (χ4n) is 5.05. The van der Waals surface area contributed by atoms with Crippen LogP contribution in [0.25, 0.3) is 6.08 Å². The lowest BCUT2D eigenvalue weighted by molar-refractivity contribution is -0.139. The molecule has 1 aliphatic heterocycles. The van der Waals surface area contributed by atoms with Crippen molar-refractivity contribution in [3.05, 3.63) is 111 Å². The Labute approximate surface area is 287 Å². The van der Waals surface area contributed by atoms with Crippen molar-refractivity contribution in [1.82, 2.24) is 4.57 Å². The lowest BCUT2D eigenvalue weighted by Crippen LogP contribution is -2.40. The molecule has 5 rings (SSSR count). The van der Waals surface area contributed by atoms with Crippen molar-refractivity contribution in [3.63, 3.8) is 0 Å². The van der Waals surface area contributed by atoms with Gasteiger partial charge < -0.3 is 23.7 Å². The molecule has 0 spiro atoms. The summed E-state index contributed by atoms with van der Waals surface area (Å²) in [6.45, 7) is 3.77. The van der Waals surface area contributed by atoms with E-state index in [2.05, 4.69) is 20.9 Å². The fourth-order valence-corrected chi connectivity index (χ4v) is 7.09. The number of allylic oxidation sites excluding steroid dienone is 1. The van der Waals surface area contributed by atoms with E-state index >= 15 is 0 Å². The highest BCUT2D eigenvalue weighted by atomic mass is 79.9. The summed E-state index contributed by atoms with van der Waals surface area (Å²) in [7, 11) is 4.55. The number of halogens is 3. The zero-order valence-corrected chi connectivity index (χ0v) is 29.4. The minimum atomic E-state index is -0.870. The summed E-state index contributed by atoms with van der Waals surface area (Å²) in [4.78, 5) is 32.5. The highest BCUT2D eigenvalue weighted by Crippen LogP contribution is 2.41. The third-order valence-electron chi connectivity index (χ3n) is 7.19. The summed E-state index contributed by atoms with van der Waals surface area (Å²) < 4.78 is 30.5. The number of rotatable bonds is 10. The van der Waals surface area contributed by atoms with Crippen LogP contribution in [0.15, 0.2) is 74.1 Å². The summed E-state index contributed by atoms with van der Waals surface area (Å²) >= 11 is 17.7. The van der Waals surface area contributed by atoms with Crippen LogP contribution < -0.4 is 33.8 Å². The first-order chi connectivity index (χ1) is 22.1. The van der Waals surface area contributed by atoms with E-state index in [1.54, 1.807) is 50.3 Å². The number of carbonyl (C=O) groups excluding carboxylic acids is 1. The number of benzene rings is 3. The van der Waals surface area contributed by atoms with Crippen molar-refractivity contribution in [2.45, 2.75) is 26.5 Å². The molecule has 1 atom stereocenters. The van der Waals surface area contributed by atoms with E-state index in [0.29, 0.717) is 58.7 Å². The molecule has 9 nitrogen and oxygen atoms in total. The second kappa shape index (κ2) is 14.3. The quantitative estimate of drug-likeness (QED) is 0.172. The average Bonchev–Trinajstić information content (AvgIpc) is 3.33. The molecule has 3 aromatic carbocycles. The molecule has 240 valence electrons. The summed E-state index contributed by atoms with van der Waals surface area (Å²) in [6.07, 6.45) is 1.69. The van der Waals surface area contributed by atoms with Crippen LogP contribution in [0.5, 0.6) is 23.0 Å². The second-order valence-corrected chi connectivity index (χ2v) is 12.6. The number of aromatic nitrogens is 1. The molecule has 1 aromatic heterocycles. The van der Waals surface area contributed by atoms with Crippen LogP contribution in [-0.4, -0.2) is 38.5 Å². The Hall–Kier alpha value is -3.77. The van der Waals surface area contributed by atoms with Crippen molar-refractivity contribution >= 4 is 62.5 Å². The Morgan fingerprint density at radius 1 is 1.02 bits per heavy atom. The Balaban J connectivity index is 1.63. The molecule has 1 aliphatic rings. The van der Waals surface area contributed by atoms with Crippen molar-refractivity contribution in [2.75, 3.05) is 27.9 Å². The largest absolute Gasteiger partial charge is 0.493 e. The number of hydrogen-bond donors (Lipinski definition) is 0. The summed E-state index contributed by atoms with van der Waals surface area (Å²) in [5, 5.41) is 0.863. The second-order valence-electron chi connectivity index (χ2n) is 9.95. The molecular formula is C33H29BrCl2N2O7S. The van der Waals surface area contributed by atoms with Gasteiger partial charge in [0.15, 0.2) is 27.8 Å². The fraction of sp³-hybridized carbons (Fsp3) is 0.242. The van der Waals surface area contributed by atoms with Gasteiger partial charge in [-0.15, -0.1) is 0 Å². The topological polar surface area (TPSA) is 97.6 Å². The van der Waals surface area contributed by atoms with Crippen molar-refractivity contribution in [3.8, 4) is 23.0 Å². The Morgan fingerprint density at radius 2 is 1.72 bits per heavy atom. The van der Waals surface area contributed by atoms with E-state index in [-0.39, 0.29) is 29.4 Å². The van der Waals surface area contributed by atoms with Gasteiger partial charge in [-0.05, 0) is 61.4 Å². The number of ether oxygens (including phenoxy) is 5. The zero-order chi connectivity index (χ0) is 33.1. The molecular weight excluding hydrogens is 719 g/mol. The first kappa shape index (κ1) is 33.6. The molecule has 0 aliphatic carbocycles. The standard InChI is InChI=1S/C33H29BrCl2N2O7S/c1-6-44-32(40)28-17(2)37-33-38(29(28)20-14-24(41-3)25(42-4)15-21(20)34)31(39)27(46-33)13-18-11-23(36)30(26(12-18)43-5)45-16-19-9-7-8-10-22(19)35/h7-15,29H,6,16H2,1-5H3/b27-13-/t29-/m1/s1. The SMILES string of the molecule is CCOC(=O)C1=C(C)N=c2s/c(=C\c3cc(Cl)c(OCc4ccccc4Cl)c(OC)c3)c(=O)n2[C@@H]1c1cc(OC)c(OC)cc1Br. The molecule has 0 saturated heterocycles. The van der Waals surface area contributed by atoms with Gasteiger partial charge in [-0.1, -0.05) is 68.7 Å². The molecule has 0 N–H and O–H groups in total. The predicted octanol–water partition coefficient (Wildman–Crippen LogP) is 6.47. The molecule has 0 bridgehead atoms. The maximum atomic E-state index is 14.2. The maximum Gasteiger partial charge on any atom is 0.338 e. The van der Waals surface area contributed by atoms with Crippen LogP contribution in [0.2, 0.25) is 10.0 Å². The highest BCUT2D eigenvalue weighted by Gasteiger charge is 2.35. The lowest BCUT2D eigenvalue weighted by Gasteiger charge is -2.26. The molecule has 0 fully saturated rings. The van der Waals surface area contributed by atoms with Gasteiger partial charge in [0, 0.05) is 15.1 Å². The predicted molar refractivity (Wildman–Crippen MR) is 181 cm³/mol. The van der Waals surface area contributed by atoms with Crippen LogP contribution in [0.1, 0.15) is 36.6 Å². The normalized spacial score (nSPS) is 14.4. The van der Waals surface area contributed by atoms with E-state index in [1.165, 1.54) is 37.2 Å². The number of esters is 1. The average molecular weight is 748 g/mol. The van der Waals surface area contributed by atoms with Crippen molar-refractivity contribution < 1.29 is 28.5 Å². The number of methoxy groups -OCH3 is 3. The molecule has 46 heavy (non-hydrogen) atoms. The number of thiazole rings is 1. The van der Waals surface area contributed by atoms with E-state index in [4.69, 9.17) is 46.9 Å². The number of fused-ring (bicyclic) bond motifs is 1. The third-order valence-corrected chi connectivity index (χ3v) is 9.51. The lowest BCUT2D eigenvalue weighted by atomic mass is 9.95. The summed E-state index contributed by atoms with van der Waals surface area (Å²) in [5.41, 5.74) is 2.29. The highest BCUT2D eigenvalue weighted by molar-refractivity contribution is 9.10. The van der Waals surface area contributed by atoms with E-state index in [1.807, 2.05) is 18.2 Å².